The molecule has 5 nitrogen and oxygen atoms in total. The van der Waals surface area contributed by atoms with Crippen LogP contribution in [0.2, 0.25) is 0 Å². The smallest absolute Gasteiger partial charge is 0.185 e. The molecular formula is C12H15N3O2. The van der Waals surface area contributed by atoms with Gasteiger partial charge in [-0.1, -0.05) is 5.11 Å². The van der Waals surface area contributed by atoms with E-state index in [0.29, 0.717) is 41.7 Å². The van der Waals surface area contributed by atoms with E-state index in [4.69, 9.17) is 5.53 Å². The average Bonchev–Trinajstić information content (AvgIpc) is 2.33. The van der Waals surface area contributed by atoms with Crippen molar-refractivity contribution in [2.75, 3.05) is 6.54 Å². The van der Waals surface area contributed by atoms with Gasteiger partial charge in [0.25, 0.3) is 0 Å². The molecule has 0 aromatic rings. The van der Waals surface area contributed by atoms with Gasteiger partial charge < -0.3 is 0 Å². The maximum Gasteiger partial charge on any atom is 0.185 e. The highest BCUT2D eigenvalue weighted by Crippen LogP contribution is 2.26. The average molecular weight is 233 g/mol. The first kappa shape index (κ1) is 13.2. The molecule has 0 radical (unpaired) electrons. The van der Waals surface area contributed by atoms with Crippen molar-refractivity contribution in [3.8, 4) is 0 Å². The van der Waals surface area contributed by atoms with Crippen molar-refractivity contribution >= 4 is 11.6 Å². The van der Waals surface area contributed by atoms with Crippen LogP contribution in [0.4, 0.5) is 0 Å². The van der Waals surface area contributed by atoms with Gasteiger partial charge in [0.1, 0.15) is 0 Å². The first-order chi connectivity index (χ1) is 8.00. The summed E-state index contributed by atoms with van der Waals surface area (Å²) in [6.07, 6.45) is 1.07. The van der Waals surface area contributed by atoms with Crippen molar-refractivity contribution in [2.45, 2.75) is 33.6 Å². The van der Waals surface area contributed by atoms with Gasteiger partial charge in [-0.15, -0.1) is 0 Å². The van der Waals surface area contributed by atoms with E-state index in [2.05, 4.69) is 10.0 Å². The van der Waals surface area contributed by atoms with Crippen molar-refractivity contribution in [1.29, 1.82) is 0 Å². The van der Waals surface area contributed by atoms with Gasteiger partial charge in [0, 0.05) is 33.7 Å². The number of ketones is 2. The summed E-state index contributed by atoms with van der Waals surface area (Å²) in [6, 6.07) is 0. The second-order valence-corrected chi connectivity index (χ2v) is 4.07. The van der Waals surface area contributed by atoms with Gasteiger partial charge in [-0.25, -0.2) is 0 Å². The summed E-state index contributed by atoms with van der Waals surface area (Å²) in [5, 5.41) is 3.41. The van der Waals surface area contributed by atoms with Crippen LogP contribution in [-0.4, -0.2) is 18.1 Å². The number of allylic oxidation sites excluding steroid dienone is 4. The van der Waals surface area contributed by atoms with E-state index in [9.17, 15) is 9.59 Å². The van der Waals surface area contributed by atoms with Gasteiger partial charge in [0.15, 0.2) is 11.6 Å². The quantitative estimate of drug-likeness (QED) is 0.246. The molecule has 1 aliphatic rings. The molecule has 0 spiro atoms. The lowest BCUT2D eigenvalue weighted by Gasteiger charge is -2.18. The van der Waals surface area contributed by atoms with Crippen LogP contribution >= 0.6 is 0 Å². The van der Waals surface area contributed by atoms with Crippen LogP contribution in [0.15, 0.2) is 27.4 Å². The first-order valence-electron chi connectivity index (χ1n) is 5.48. The molecule has 0 aromatic carbocycles. The summed E-state index contributed by atoms with van der Waals surface area (Å²) in [7, 11) is 0. The standard InChI is InChI=1S/C12H15N3O2/c1-7-8(2)12(17)10(9(3)11(7)16)5-4-6-14-15-13/h4-6H2,1-3H3. The number of hydrogen-bond acceptors (Lipinski definition) is 3. The number of nitrogens with zero attached hydrogens (tertiary/aromatic N) is 3. The molecule has 0 N–H and O–H groups in total. The van der Waals surface area contributed by atoms with Crippen molar-refractivity contribution in [3.05, 3.63) is 32.7 Å². The van der Waals surface area contributed by atoms with Gasteiger partial charge >= 0.3 is 0 Å². The highest BCUT2D eigenvalue weighted by Gasteiger charge is 2.26. The van der Waals surface area contributed by atoms with E-state index < -0.39 is 0 Å². The first-order valence-corrected chi connectivity index (χ1v) is 5.48. The maximum atomic E-state index is 12.0. The summed E-state index contributed by atoms with van der Waals surface area (Å²) in [5.41, 5.74) is 10.3. The van der Waals surface area contributed by atoms with Crippen molar-refractivity contribution in [3.63, 3.8) is 0 Å². The highest BCUT2D eigenvalue weighted by atomic mass is 16.1. The van der Waals surface area contributed by atoms with Crippen molar-refractivity contribution in [1.82, 2.24) is 0 Å². The Morgan fingerprint density at radius 3 is 2.24 bits per heavy atom. The fourth-order valence-corrected chi connectivity index (χ4v) is 1.83. The normalized spacial score (nSPS) is 16.4. The molecule has 5 heteroatoms. The fourth-order valence-electron chi connectivity index (χ4n) is 1.83. The van der Waals surface area contributed by atoms with Crippen LogP contribution in [0, 0.1) is 0 Å². The Labute approximate surface area is 99.8 Å². The van der Waals surface area contributed by atoms with E-state index in [1.807, 2.05) is 0 Å². The molecule has 0 aliphatic heterocycles. The van der Waals surface area contributed by atoms with E-state index in [-0.39, 0.29) is 11.6 Å². The zero-order valence-electron chi connectivity index (χ0n) is 10.3. The molecule has 0 atom stereocenters. The molecule has 0 heterocycles. The predicted octanol–water partition coefficient (Wildman–Crippen LogP) is 2.88. The summed E-state index contributed by atoms with van der Waals surface area (Å²) in [4.78, 5) is 26.5. The number of rotatable bonds is 4. The zero-order chi connectivity index (χ0) is 13.0. The largest absolute Gasteiger partial charge is 0.289 e. The summed E-state index contributed by atoms with van der Waals surface area (Å²) < 4.78 is 0. The number of hydrogen-bond donors (Lipinski definition) is 0. The van der Waals surface area contributed by atoms with Crippen LogP contribution in [0.25, 0.3) is 10.4 Å². The van der Waals surface area contributed by atoms with Gasteiger partial charge in [-0.3, -0.25) is 9.59 Å². The van der Waals surface area contributed by atoms with Crippen LogP contribution < -0.4 is 0 Å². The number of Topliss-reactive ketones (excluding diaryl/α,β-unsaturated/α-hetero) is 2. The van der Waals surface area contributed by atoms with Crippen molar-refractivity contribution < 1.29 is 9.59 Å². The van der Waals surface area contributed by atoms with Gasteiger partial charge in [-0.05, 0) is 39.1 Å². The second kappa shape index (κ2) is 5.46. The molecule has 1 rings (SSSR count). The lowest BCUT2D eigenvalue weighted by atomic mass is 9.84. The molecule has 17 heavy (non-hydrogen) atoms. The molecule has 0 amide bonds. The van der Waals surface area contributed by atoms with E-state index in [1.54, 1.807) is 20.8 Å². The van der Waals surface area contributed by atoms with Gasteiger partial charge in [0.05, 0.1) is 0 Å². The molecule has 90 valence electrons. The predicted molar refractivity (Wildman–Crippen MR) is 64.3 cm³/mol. The maximum absolute atomic E-state index is 12.0. The van der Waals surface area contributed by atoms with E-state index in [1.165, 1.54) is 0 Å². The SMILES string of the molecule is CC1=C(C)C(=O)C(CCCN=[N+]=[N-])=C(C)C1=O. The van der Waals surface area contributed by atoms with Gasteiger partial charge in [-0.2, -0.15) is 0 Å². The summed E-state index contributed by atoms with van der Waals surface area (Å²) in [6.45, 7) is 5.38. The Balaban J connectivity index is 2.87. The molecule has 0 unspecified atom stereocenters. The third-order valence-electron chi connectivity index (χ3n) is 3.06. The Morgan fingerprint density at radius 2 is 1.65 bits per heavy atom. The highest BCUT2D eigenvalue weighted by molar-refractivity contribution is 6.24. The van der Waals surface area contributed by atoms with Crippen LogP contribution in [0.5, 0.6) is 0 Å². The molecule has 1 aliphatic carbocycles. The topological polar surface area (TPSA) is 82.9 Å². The molecule has 0 fully saturated rings. The van der Waals surface area contributed by atoms with E-state index in [0.717, 1.165) is 0 Å². The van der Waals surface area contributed by atoms with Crippen LogP contribution in [0.1, 0.15) is 33.6 Å². The van der Waals surface area contributed by atoms with Gasteiger partial charge in [0.2, 0.25) is 0 Å². The third kappa shape index (κ3) is 2.63. The molecule has 0 saturated heterocycles. The Morgan fingerprint density at radius 1 is 1.06 bits per heavy atom. The summed E-state index contributed by atoms with van der Waals surface area (Å²) in [5.74, 6) is -0.110. The molecule has 0 saturated carbocycles. The van der Waals surface area contributed by atoms with E-state index >= 15 is 0 Å². The van der Waals surface area contributed by atoms with Crippen molar-refractivity contribution in [2.24, 2.45) is 5.11 Å². The minimum Gasteiger partial charge on any atom is -0.289 e. The Kier molecular flexibility index (Phi) is 4.24. The number of carbonyl (C=O) groups excluding carboxylic acids is 2. The van der Waals surface area contributed by atoms with Crippen LogP contribution in [-0.2, 0) is 9.59 Å². The third-order valence-corrected chi connectivity index (χ3v) is 3.06. The lowest BCUT2D eigenvalue weighted by molar-refractivity contribution is -0.116. The molecule has 0 bridgehead atoms. The number of carbonyl (C=O) groups is 2. The second-order valence-electron chi connectivity index (χ2n) is 4.07. The number of azide groups is 1. The molecule has 0 aromatic heterocycles. The zero-order valence-corrected chi connectivity index (χ0v) is 10.3. The lowest BCUT2D eigenvalue weighted by Crippen LogP contribution is -2.20. The van der Waals surface area contributed by atoms with Crippen LogP contribution in [0.3, 0.4) is 0 Å². The Bertz CT molecular complexity index is 480. The minimum absolute atomic E-state index is 0.0547. The Hall–Kier alpha value is -1.87. The minimum atomic E-state index is -0.0551. The fraction of sp³-hybridized carbons (Fsp3) is 0.500. The molecular weight excluding hydrogens is 218 g/mol. The summed E-state index contributed by atoms with van der Waals surface area (Å²) >= 11 is 0. The monoisotopic (exact) mass is 233 g/mol.